The molecule has 0 aliphatic heterocycles. The minimum absolute atomic E-state index is 0.312. The summed E-state index contributed by atoms with van der Waals surface area (Å²) >= 11 is 0. The van der Waals surface area contributed by atoms with Gasteiger partial charge in [-0.1, -0.05) is 0 Å². The lowest BCUT2D eigenvalue weighted by atomic mass is 10.4. The van der Waals surface area contributed by atoms with E-state index in [1.165, 1.54) is 6.26 Å². The summed E-state index contributed by atoms with van der Waals surface area (Å²) in [4.78, 5) is 0. The molecule has 2 N–H and O–H groups in total. The SMILES string of the molecule is COc1coc(CN)c1OC. The summed E-state index contributed by atoms with van der Waals surface area (Å²) < 4.78 is 15.0. The molecule has 0 bridgehead atoms. The van der Waals surface area contributed by atoms with Crippen molar-refractivity contribution in [1.29, 1.82) is 0 Å². The third-order valence-electron chi connectivity index (χ3n) is 1.39. The van der Waals surface area contributed by atoms with E-state index in [4.69, 9.17) is 19.6 Å². The van der Waals surface area contributed by atoms with Crippen LogP contribution in [-0.4, -0.2) is 14.2 Å². The van der Waals surface area contributed by atoms with Crippen LogP contribution in [0.2, 0.25) is 0 Å². The molecule has 0 atom stereocenters. The molecule has 0 unspecified atom stereocenters. The van der Waals surface area contributed by atoms with Crippen molar-refractivity contribution in [2.24, 2.45) is 5.73 Å². The van der Waals surface area contributed by atoms with E-state index in [1.807, 2.05) is 0 Å². The lowest BCUT2D eigenvalue weighted by Crippen LogP contribution is -1.97. The number of hydrogen-bond acceptors (Lipinski definition) is 4. The molecular formula is C7H11NO3. The molecule has 4 heteroatoms. The van der Waals surface area contributed by atoms with Crippen LogP contribution >= 0.6 is 0 Å². The Hall–Kier alpha value is -1.16. The van der Waals surface area contributed by atoms with Gasteiger partial charge in [-0.2, -0.15) is 0 Å². The Balaban J connectivity index is 2.99. The first kappa shape index (κ1) is 7.94. The van der Waals surface area contributed by atoms with Crippen molar-refractivity contribution in [3.05, 3.63) is 12.0 Å². The second-order valence-electron chi connectivity index (χ2n) is 1.96. The Morgan fingerprint density at radius 2 is 2.18 bits per heavy atom. The first-order valence-corrected chi connectivity index (χ1v) is 3.22. The minimum Gasteiger partial charge on any atom is -0.490 e. The highest BCUT2D eigenvalue weighted by atomic mass is 16.5. The van der Waals surface area contributed by atoms with E-state index in [9.17, 15) is 0 Å². The number of ether oxygens (including phenoxy) is 2. The third kappa shape index (κ3) is 1.30. The van der Waals surface area contributed by atoms with Gasteiger partial charge in [-0.25, -0.2) is 0 Å². The van der Waals surface area contributed by atoms with E-state index < -0.39 is 0 Å². The Bertz CT molecular complexity index is 210. The van der Waals surface area contributed by atoms with Gasteiger partial charge in [0.2, 0.25) is 5.75 Å². The van der Waals surface area contributed by atoms with Crippen LogP contribution in [0.15, 0.2) is 10.7 Å². The summed E-state index contributed by atoms with van der Waals surface area (Å²) in [6.07, 6.45) is 1.47. The molecule has 0 aliphatic rings. The highest BCUT2D eigenvalue weighted by Gasteiger charge is 2.12. The molecule has 62 valence electrons. The Morgan fingerprint density at radius 3 is 2.64 bits per heavy atom. The van der Waals surface area contributed by atoms with Crippen LogP contribution in [-0.2, 0) is 6.54 Å². The zero-order valence-electron chi connectivity index (χ0n) is 6.59. The Labute approximate surface area is 64.9 Å². The summed E-state index contributed by atoms with van der Waals surface area (Å²) in [6.45, 7) is 0.312. The second kappa shape index (κ2) is 3.30. The summed E-state index contributed by atoms with van der Waals surface area (Å²) in [5, 5.41) is 0. The lowest BCUT2D eigenvalue weighted by Gasteiger charge is -2.00. The van der Waals surface area contributed by atoms with Gasteiger partial charge in [0.25, 0.3) is 0 Å². The van der Waals surface area contributed by atoms with E-state index in [0.717, 1.165) is 0 Å². The summed E-state index contributed by atoms with van der Waals surface area (Å²) in [7, 11) is 3.10. The fourth-order valence-corrected chi connectivity index (χ4v) is 0.865. The van der Waals surface area contributed by atoms with Crippen LogP contribution in [0.3, 0.4) is 0 Å². The van der Waals surface area contributed by atoms with E-state index in [2.05, 4.69) is 0 Å². The Kier molecular flexibility index (Phi) is 2.38. The number of methoxy groups -OCH3 is 2. The quantitative estimate of drug-likeness (QED) is 0.703. The van der Waals surface area contributed by atoms with Gasteiger partial charge >= 0.3 is 0 Å². The highest BCUT2D eigenvalue weighted by molar-refractivity contribution is 5.40. The summed E-state index contributed by atoms with van der Waals surface area (Å²) in [5.74, 6) is 1.76. The second-order valence-corrected chi connectivity index (χ2v) is 1.96. The molecule has 0 aliphatic carbocycles. The fourth-order valence-electron chi connectivity index (χ4n) is 0.865. The van der Waals surface area contributed by atoms with Gasteiger partial charge in [-0.15, -0.1) is 0 Å². The third-order valence-corrected chi connectivity index (χ3v) is 1.39. The molecule has 0 fully saturated rings. The fraction of sp³-hybridized carbons (Fsp3) is 0.429. The predicted molar refractivity (Wildman–Crippen MR) is 39.7 cm³/mol. The molecule has 0 amide bonds. The molecule has 0 saturated heterocycles. The van der Waals surface area contributed by atoms with E-state index in [-0.39, 0.29) is 0 Å². The van der Waals surface area contributed by atoms with E-state index >= 15 is 0 Å². The van der Waals surface area contributed by atoms with Crippen molar-refractivity contribution in [2.45, 2.75) is 6.54 Å². The van der Waals surface area contributed by atoms with Gasteiger partial charge in [0.15, 0.2) is 11.5 Å². The van der Waals surface area contributed by atoms with Crippen LogP contribution in [0.1, 0.15) is 5.76 Å². The number of furan rings is 1. The smallest absolute Gasteiger partial charge is 0.204 e. The maximum atomic E-state index is 5.36. The van der Waals surface area contributed by atoms with Crippen LogP contribution in [0.25, 0.3) is 0 Å². The molecule has 11 heavy (non-hydrogen) atoms. The maximum absolute atomic E-state index is 5.36. The van der Waals surface area contributed by atoms with E-state index in [1.54, 1.807) is 14.2 Å². The molecule has 4 nitrogen and oxygen atoms in total. The van der Waals surface area contributed by atoms with Gasteiger partial charge in [-0.3, -0.25) is 0 Å². The minimum atomic E-state index is 0.312. The maximum Gasteiger partial charge on any atom is 0.204 e. The zero-order chi connectivity index (χ0) is 8.27. The van der Waals surface area contributed by atoms with Crippen molar-refractivity contribution in [3.63, 3.8) is 0 Å². The largest absolute Gasteiger partial charge is 0.490 e. The van der Waals surface area contributed by atoms with Crippen LogP contribution in [0.5, 0.6) is 11.5 Å². The first-order valence-electron chi connectivity index (χ1n) is 3.22. The van der Waals surface area contributed by atoms with Crippen molar-refractivity contribution < 1.29 is 13.9 Å². The van der Waals surface area contributed by atoms with Gasteiger partial charge in [0.05, 0.1) is 20.8 Å². The number of rotatable bonds is 3. The number of hydrogen-bond donors (Lipinski definition) is 1. The highest BCUT2D eigenvalue weighted by Crippen LogP contribution is 2.32. The molecule has 0 aromatic carbocycles. The van der Waals surface area contributed by atoms with Gasteiger partial charge < -0.3 is 19.6 Å². The molecule has 1 aromatic heterocycles. The average molecular weight is 157 g/mol. The van der Waals surface area contributed by atoms with Gasteiger partial charge in [-0.05, 0) is 0 Å². The first-order chi connectivity index (χ1) is 5.33. The molecule has 0 radical (unpaired) electrons. The molecule has 0 spiro atoms. The van der Waals surface area contributed by atoms with Gasteiger partial charge in [0.1, 0.15) is 6.26 Å². The van der Waals surface area contributed by atoms with E-state index in [0.29, 0.717) is 23.8 Å². The molecule has 1 aromatic rings. The monoisotopic (exact) mass is 157 g/mol. The van der Waals surface area contributed by atoms with Crippen LogP contribution < -0.4 is 15.2 Å². The lowest BCUT2D eigenvalue weighted by molar-refractivity contribution is 0.355. The predicted octanol–water partition coefficient (Wildman–Crippen LogP) is 0.756. The van der Waals surface area contributed by atoms with Crippen molar-refractivity contribution in [1.82, 2.24) is 0 Å². The Morgan fingerprint density at radius 1 is 1.45 bits per heavy atom. The summed E-state index contributed by atoms with van der Waals surface area (Å²) in [6, 6.07) is 0. The summed E-state index contributed by atoms with van der Waals surface area (Å²) in [5.41, 5.74) is 5.36. The van der Waals surface area contributed by atoms with Crippen molar-refractivity contribution in [3.8, 4) is 11.5 Å². The van der Waals surface area contributed by atoms with Crippen molar-refractivity contribution in [2.75, 3.05) is 14.2 Å². The van der Waals surface area contributed by atoms with Crippen LogP contribution in [0.4, 0.5) is 0 Å². The molecular weight excluding hydrogens is 146 g/mol. The zero-order valence-corrected chi connectivity index (χ0v) is 6.59. The molecule has 1 rings (SSSR count). The number of nitrogens with two attached hydrogens (primary N) is 1. The normalized spacial score (nSPS) is 9.73. The van der Waals surface area contributed by atoms with Gasteiger partial charge in [0, 0.05) is 0 Å². The van der Waals surface area contributed by atoms with Crippen LogP contribution in [0, 0.1) is 0 Å². The molecule has 0 saturated carbocycles. The van der Waals surface area contributed by atoms with Crippen molar-refractivity contribution >= 4 is 0 Å². The topological polar surface area (TPSA) is 57.6 Å². The average Bonchev–Trinajstić information content (AvgIpc) is 2.45. The molecule has 1 heterocycles. The standard InChI is InChI=1S/C7H11NO3/c1-9-6-4-11-5(3-8)7(6)10-2/h4H,3,8H2,1-2H3.